The van der Waals surface area contributed by atoms with Gasteiger partial charge in [-0.15, -0.1) is 10.2 Å². The van der Waals surface area contributed by atoms with Crippen LogP contribution in [0.4, 0.5) is 14.3 Å². The average molecular weight is 346 g/mol. The van der Waals surface area contributed by atoms with Crippen molar-refractivity contribution in [3.63, 3.8) is 0 Å². The summed E-state index contributed by atoms with van der Waals surface area (Å²) in [6, 6.07) is 5.76. The molecule has 9 heteroatoms. The highest BCUT2D eigenvalue weighted by molar-refractivity contribution is 7.15. The molecule has 2 amide bonds. The second kappa shape index (κ2) is 7.18. The molecular formula is C15H15FN6OS. The molecule has 0 aliphatic rings. The lowest BCUT2D eigenvalue weighted by Crippen LogP contribution is -2.27. The first-order chi connectivity index (χ1) is 11.6. The van der Waals surface area contributed by atoms with Crippen molar-refractivity contribution >= 4 is 22.5 Å². The molecule has 2 N–H and O–H groups in total. The maximum Gasteiger partial charge on any atom is 0.321 e. The standard InChI is InChI=1S/C15H15FN6OS/c1-2-13-20-21-15(24-13)19-14(23)17-7-10-8-18-22(9-10)12-5-3-4-11(16)6-12/h3-6,8-9H,2,7H2,1H3,(H2,17,19,21,23). The van der Waals surface area contributed by atoms with Crippen molar-refractivity contribution in [3.8, 4) is 5.69 Å². The number of aryl methyl sites for hydroxylation is 1. The van der Waals surface area contributed by atoms with Gasteiger partial charge in [0, 0.05) is 18.3 Å². The molecule has 124 valence electrons. The lowest BCUT2D eigenvalue weighted by Gasteiger charge is -2.03. The number of anilines is 1. The zero-order chi connectivity index (χ0) is 16.9. The average Bonchev–Trinajstić information content (AvgIpc) is 3.22. The van der Waals surface area contributed by atoms with Crippen LogP contribution in [0.1, 0.15) is 17.5 Å². The Bertz CT molecular complexity index is 846. The first-order valence-corrected chi connectivity index (χ1v) is 8.12. The molecule has 24 heavy (non-hydrogen) atoms. The molecule has 3 rings (SSSR count). The first kappa shape index (κ1) is 16.1. The minimum absolute atomic E-state index is 0.292. The molecule has 2 aromatic heterocycles. The van der Waals surface area contributed by atoms with E-state index < -0.39 is 0 Å². The van der Waals surface area contributed by atoms with Gasteiger partial charge in [-0.2, -0.15) is 5.10 Å². The van der Waals surface area contributed by atoms with Crippen molar-refractivity contribution in [1.29, 1.82) is 0 Å². The van der Waals surface area contributed by atoms with E-state index in [0.29, 0.717) is 17.4 Å². The van der Waals surface area contributed by atoms with Crippen LogP contribution in [0.25, 0.3) is 5.69 Å². The van der Waals surface area contributed by atoms with E-state index in [9.17, 15) is 9.18 Å². The van der Waals surface area contributed by atoms with Crippen molar-refractivity contribution in [2.75, 3.05) is 5.32 Å². The third-order valence-corrected chi connectivity index (χ3v) is 4.13. The van der Waals surface area contributed by atoms with Crippen LogP contribution in [0.3, 0.4) is 0 Å². The maximum absolute atomic E-state index is 13.2. The maximum atomic E-state index is 13.2. The van der Waals surface area contributed by atoms with Crippen LogP contribution < -0.4 is 10.6 Å². The van der Waals surface area contributed by atoms with Crippen LogP contribution in [-0.4, -0.2) is 26.0 Å². The van der Waals surface area contributed by atoms with E-state index in [2.05, 4.69) is 25.9 Å². The Kier molecular flexibility index (Phi) is 4.80. The van der Waals surface area contributed by atoms with Gasteiger partial charge >= 0.3 is 6.03 Å². The fourth-order valence-electron chi connectivity index (χ4n) is 1.98. The summed E-state index contributed by atoms with van der Waals surface area (Å²) in [5, 5.41) is 18.6. The number of rotatable bonds is 5. The van der Waals surface area contributed by atoms with E-state index in [4.69, 9.17) is 0 Å². The summed E-state index contributed by atoms with van der Waals surface area (Å²) in [7, 11) is 0. The molecule has 2 heterocycles. The van der Waals surface area contributed by atoms with Crippen LogP contribution in [-0.2, 0) is 13.0 Å². The summed E-state index contributed by atoms with van der Waals surface area (Å²) >= 11 is 1.34. The van der Waals surface area contributed by atoms with Crippen LogP contribution in [0, 0.1) is 5.82 Å². The predicted octanol–water partition coefficient (Wildman–Crippen LogP) is 2.75. The van der Waals surface area contributed by atoms with E-state index in [0.717, 1.165) is 17.0 Å². The first-order valence-electron chi connectivity index (χ1n) is 7.31. The van der Waals surface area contributed by atoms with Gasteiger partial charge in [0.1, 0.15) is 10.8 Å². The number of nitrogens with one attached hydrogen (secondary N) is 2. The minimum atomic E-state index is -0.368. The Hall–Kier alpha value is -2.81. The Balaban J connectivity index is 1.56. The number of halogens is 1. The Morgan fingerprint density at radius 1 is 1.38 bits per heavy atom. The van der Waals surface area contributed by atoms with Gasteiger partial charge in [-0.3, -0.25) is 5.32 Å². The monoisotopic (exact) mass is 346 g/mol. The number of amides is 2. The van der Waals surface area contributed by atoms with Crippen molar-refractivity contribution in [1.82, 2.24) is 25.3 Å². The summed E-state index contributed by atoms with van der Waals surface area (Å²) < 4.78 is 14.8. The highest BCUT2D eigenvalue weighted by atomic mass is 32.1. The Labute approximate surface area is 141 Å². The molecule has 3 aromatic rings. The second-order valence-corrected chi connectivity index (χ2v) is 6.00. The van der Waals surface area contributed by atoms with Crippen molar-refractivity contribution in [2.24, 2.45) is 0 Å². The molecule has 7 nitrogen and oxygen atoms in total. The number of benzene rings is 1. The summed E-state index contributed by atoms with van der Waals surface area (Å²) in [4.78, 5) is 11.8. The lowest BCUT2D eigenvalue weighted by atomic mass is 10.3. The van der Waals surface area contributed by atoms with Crippen LogP contribution in [0.15, 0.2) is 36.7 Å². The van der Waals surface area contributed by atoms with E-state index >= 15 is 0 Å². The molecule has 0 spiro atoms. The quantitative estimate of drug-likeness (QED) is 0.744. The fourth-order valence-corrected chi connectivity index (χ4v) is 2.66. The van der Waals surface area contributed by atoms with Gasteiger partial charge in [-0.05, 0) is 24.6 Å². The van der Waals surface area contributed by atoms with Crippen LogP contribution in [0.5, 0.6) is 0 Å². The highest BCUT2D eigenvalue weighted by Gasteiger charge is 2.08. The van der Waals surface area contributed by atoms with Gasteiger partial charge in [-0.25, -0.2) is 13.9 Å². The molecule has 0 aliphatic heterocycles. The van der Waals surface area contributed by atoms with Crippen LogP contribution >= 0.6 is 11.3 Å². The number of carbonyl (C=O) groups excluding carboxylic acids is 1. The normalized spacial score (nSPS) is 10.6. The van der Waals surface area contributed by atoms with Gasteiger partial charge in [0.05, 0.1) is 11.9 Å². The molecule has 0 atom stereocenters. The highest BCUT2D eigenvalue weighted by Crippen LogP contribution is 2.15. The summed E-state index contributed by atoms with van der Waals surface area (Å²) in [5.74, 6) is -0.328. The second-order valence-electron chi connectivity index (χ2n) is 4.94. The zero-order valence-corrected chi connectivity index (χ0v) is 13.7. The van der Waals surface area contributed by atoms with Gasteiger partial charge in [0.15, 0.2) is 0 Å². The molecule has 0 aliphatic carbocycles. The largest absolute Gasteiger partial charge is 0.334 e. The van der Waals surface area contributed by atoms with E-state index in [1.54, 1.807) is 29.2 Å². The SMILES string of the molecule is CCc1nnc(NC(=O)NCc2cnn(-c3cccc(F)c3)c2)s1. The lowest BCUT2D eigenvalue weighted by molar-refractivity contribution is 0.251. The summed E-state index contributed by atoms with van der Waals surface area (Å²) in [6.07, 6.45) is 4.13. The minimum Gasteiger partial charge on any atom is -0.334 e. The van der Waals surface area contributed by atoms with Gasteiger partial charge in [0.25, 0.3) is 0 Å². The molecule has 0 bridgehead atoms. The number of nitrogens with zero attached hydrogens (tertiary/aromatic N) is 4. The molecule has 0 saturated heterocycles. The number of hydrogen-bond acceptors (Lipinski definition) is 5. The molecule has 1 aromatic carbocycles. The number of carbonyl (C=O) groups is 1. The number of urea groups is 1. The van der Waals surface area contributed by atoms with E-state index in [1.165, 1.54) is 23.5 Å². The Morgan fingerprint density at radius 3 is 3.00 bits per heavy atom. The van der Waals surface area contributed by atoms with E-state index in [1.807, 2.05) is 6.92 Å². The van der Waals surface area contributed by atoms with Crippen molar-refractivity contribution in [3.05, 3.63) is 53.0 Å². The van der Waals surface area contributed by atoms with Crippen molar-refractivity contribution < 1.29 is 9.18 Å². The van der Waals surface area contributed by atoms with E-state index in [-0.39, 0.29) is 11.8 Å². The van der Waals surface area contributed by atoms with Crippen molar-refractivity contribution in [2.45, 2.75) is 19.9 Å². The molecule has 0 fully saturated rings. The molecule has 0 radical (unpaired) electrons. The molecule has 0 unspecified atom stereocenters. The molecular weight excluding hydrogens is 331 g/mol. The third kappa shape index (κ3) is 3.93. The van der Waals surface area contributed by atoms with Gasteiger partial charge in [0.2, 0.25) is 5.13 Å². The van der Waals surface area contributed by atoms with Gasteiger partial charge in [-0.1, -0.05) is 24.3 Å². The molecule has 0 saturated carbocycles. The van der Waals surface area contributed by atoms with Gasteiger partial charge < -0.3 is 5.32 Å². The van der Waals surface area contributed by atoms with Crippen LogP contribution in [0.2, 0.25) is 0 Å². The third-order valence-electron chi connectivity index (χ3n) is 3.15. The topological polar surface area (TPSA) is 84.7 Å². The predicted molar refractivity (Wildman–Crippen MR) is 88.7 cm³/mol. The number of hydrogen-bond donors (Lipinski definition) is 2. The summed E-state index contributed by atoms with van der Waals surface area (Å²) in [6.45, 7) is 2.27. The Morgan fingerprint density at radius 2 is 2.25 bits per heavy atom. The smallest absolute Gasteiger partial charge is 0.321 e. The fraction of sp³-hybridized carbons (Fsp3) is 0.200. The summed E-state index contributed by atoms with van der Waals surface area (Å²) in [5.41, 5.74) is 1.41. The zero-order valence-electron chi connectivity index (χ0n) is 12.9. The number of aromatic nitrogens is 4.